The van der Waals surface area contributed by atoms with Crippen molar-refractivity contribution in [2.45, 2.75) is 25.7 Å². The fourth-order valence-corrected chi connectivity index (χ4v) is 2.74. The molecule has 1 saturated heterocycles. The second kappa shape index (κ2) is 5.58. The van der Waals surface area contributed by atoms with Gasteiger partial charge in [0, 0.05) is 18.2 Å². The number of aromatic nitrogens is 1. The number of rotatable bonds is 2. The second-order valence-corrected chi connectivity index (χ2v) is 4.54. The summed E-state index contributed by atoms with van der Waals surface area (Å²) in [6, 6.07) is 0. The largest absolute Gasteiger partial charge is 0.317 e. The van der Waals surface area contributed by atoms with E-state index in [1.807, 2.05) is 5.38 Å². The summed E-state index contributed by atoms with van der Waals surface area (Å²) in [4.78, 5) is 15.4. The number of ketones is 1. The summed E-state index contributed by atoms with van der Waals surface area (Å²) in [5, 5.41) is 6.33. The smallest absolute Gasteiger partial charge is 0.178 e. The van der Waals surface area contributed by atoms with Gasteiger partial charge in [0.05, 0.1) is 5.01 Å². The molecule has 1 N–H and O–H groups in total. The monoisotopic (exact) mass is 246 g/mol. The molecule has 84 valence electrons. The molecule has 0 bridgehead atoms. The van der Waals surface area contributed by atoms with E-state index in [2.05, 4.69) is 10.3 Å². The van der Waals surface area contributed by atoms with Gasteiger partial charge in [0.2, 0.25) is 0 Å². The van der Waals surface area contributed by atoms with Gasteiger partial charge in [-0.1, -0.05) is 0 Å². The van der Waals surface area contributed by atoms with Crippen LogP contribution < -0.4 is 5.32 Å². The molecule has 5 heteroatoms. The van der Waals surface area contributed by atoms with E-state index in [1.54, 1.807) is 18.3 Å². The third-order valence-corrected chi connectivity index (χ3v) is 3.58. The Balaban J connectivity index is 0.00000112. The highest BCUT2D eigenvalue weighted by Gasteiger charge is 2.18. The van der Waals surface area contributed by atoms with E-state index in [1.165, 1.54) is 0 Å². The van der Waals surface area contributed by atoms with Gasteiger partial charge >= 0.3 is 0 Å². The maximum atomic E-state index is 11.1. The number of carbonyl (C=O) groups is 1. The molecule has 0 saturated carbocycles. The van der Waals surface area contributed by atoms with Gasteiger partial charge in [0.15, 0.2) is 5.78 Å². The minimum absolute atomic E-state index is 0. The zero-order valence-electron chi connectivity index (χ0n) is 8.66. The van der Waals surface area contributed by atoms with Crippen molar-refractivity contribution < 1.29 is 4.79 Å². The normalized spacial score (nSPS) is 17.1. The number of nitrogens with one attached hydrogen (secondary N) is 1. The first-order chi connectivity index (χ1) is 6.77. The van der Waals surface area contributed by atoms with Gasteiger partial charge in [0.1, 0.15) is 5.69 Å². The summed E-state index contributed by atoms with van der Waals surface area (Å²) in [5.74, 6) is 0.635. The Morgan fingerprint density at radius 2 is 2.20 bits per heavy atom. The molecule has 15 heavy (non-hydrogen) atoms. The number of nitrogens with zero attached hydrogens (tertiary/aromatic N) is 1. The number of hydrogen-bond donors (Lipinski definition) is 1. The molecule has 0 atom stereocenters. The lowest BCUT2D eigenvalue weighted by atomic mass is 9.99. The van der Waals surface area contributed by atoms with Crippen molar-refractivity contribution in [2.24, 2.45) is 0 Å². The molecule has 0 radical (unpaired) electrons. The lowest BCUT2D eigenvalue weighted by Gasteiger charge is -2.20. The third kappa shape index (κ3) is 3.00. The maximum Gasteiger partial charge on any atom is 0.178 e. The lowest BCUT2D eigenvalue weighted by molar-refractivity contribution is 0.101. The van der Waals surface area contributed by atoms with E-state index in [0.717, 1.165) is 30.9 Å². The van der Waals surface area contributed by atoms with Crippen molar-refractivity contribution in [3.8, 4) is 0 Å². The fraction of sp³-hybridized carbons (Fsp3) is 0.600. The summed E-state index contributed by atoms with van der Waals surface area (Å²) >= 11 is 1.62. The minimum Gasteiger partial charge on any atom is -0.317 e. The van der Waals surface area contributed by atoms with Crippen LogP contribution in [-0.4, -0.2) is 23.9 Å². The molecule has 0 aliphatic carbocycles. The van der Waals surface area contributed by atoms with Gasteiger partial charge in [-0.05, 0) is 25.9 Å². The average Bonchev–Trinajstić information content (AvgIpc) is 2.68. The summed E-state index contributed by atoms with van der Waals surface area (Å²) < 4.78 is 0. The number of carbonyl (C=O) groups excluding carboxylic acids is 1. The van der Waals surface area contributed by atoms with Crippen LogP contribution >= 0.6 is 23.7 Å². The van der Waals surface area contributed by atoms with Gasteiger partial charge in [-0.25, -0.2) is 4.98 Å². The van der Waals surface area contributed by atoms with Gasteiger partial charge in [-0.2, -0.15) is 0 Å². The van der Waals surface area contributed by atoms with Crippen molar-refractivity contribution in [2.75, 3.05) is 13.1 Å². The van der Waals surface area contributed by atoms with Crippen molar-refractivity contribution in [1.29, 1.82) is 0 Å². The molecule has 2 rings (SSSR count). The van der Waals surface area contributed by atoms with E-state index < -0.39 is 0 Å². The van der Waals surface area contributed by atoms with Gasteiger partial charge in [-0.3, -0.25) is 4.79 Å². The lowest BCUT2D eigenvalue weighted by Crippen LogP contribution is -2.26. The standard InChI is InChI=1S/C10H14N2OS.ClH/c1-7(13)9-6-14-10(12-9)8-2-4-11-5-3-8;/h6,8,11H,2-5H2,1H3;1H. The van der Waals surface area contributed by atoms with Gasteiger partial charge in [0.25, 0.3) is 0 Å². The number of piperidine rings is 1. The number of thiazole rings is 1. The number of hydrogen-bond acceptors (Lipinski definition) is 4. The van der Waals surface area contributed by atoms with Crippen LogP contribution in [0.15, 0.2) is 5.38 Å². The number of Topliss-reactive ketones (excluding diaryl/α,β-unsaturated/α-hetero) is 1. The maximum absolute atomic E-state index is 11.1. The Hall–Kier alpha value is -0.450. The third-order valence-electron chi connectivity index (χ3n) is 2.57. The molecule has 0 unspecified atom stereocenters. The molecule has 1 fully saturated rings. The van der Waals surface area contributed by atoms with Crippen LogP contribution in [0.5, 0.6) is 0 Å². The first kappa shape index (κ1) is 12.6. The summed E-state index contributed by atoms with van der Waals surface area (Å²) in [7, 11) is 0. The van der Waals surface area contributed by atoms with Crippen LogP contribution in [0.3, 0.4) is 0 Å². The molecule has 0 amide bonds. The van der Waals surface area contributed by atoms with Crippen LogP contribution in [0.2, 0.25) is 0 Å². The van der Waals surface area contributed by atoms with Crippen molar-refractivity contribution in [3.63, 3.8) is 0 Å². The minimum atomic E-state index is 0. The summed E-state index contributed by atoms with van der Waals surface area (Å²) in [5.41, 5.74) is 0.628. The molecule has 0 spiro atoms. The molecule has 2 heterocycles. The van der Waals surface area contributed by atoms with Crippen LogP contribution in [-0.2, 0) is 0 Å². The molecule has 3 nitrogen and oxygen atoms in total. The molecular formula is C10H15ClN2OS. The van der Waals surface area contributed by atoms with Crippen molar-refractivity contribution in [1.82, 2.24) is 10.3 Å². The highest BCUT2D eigenvalue weighted by Crippen LogP contribution is 2.27. The average molecular weight is 247 g/mol. The fourth-order valence-electron chi connectivity index (χ4n) is 1.71. The highest BCUT2D eigenvalue weighted by atomic mass is 35.5. The summed E-state index contributed by atoms with van der Waals surface area (Å²) in [6.45, 7) is 3.71. The van der Waals surface area contributed by atoms with E-state index >= 15 is 0 Å². The van der Waals surface area contributed by atoms with Crippen LogP contribution in [0, 0.1) is 0 Å². The highest BCUT2D eigenvalue weighted by molar-refractivity contribution is 7.09. The van der Waals surface area contributed by atoms with E-state index in [9.17, 15) is 4.79 Å². The van der Waals surface area contributed by atoms with Crippen LogP contribution in [0.1, 0.15) is 41.2 Å². The first-order valence-corrected chi connectivity index (χ1v) is 5.82. The quantitative estimate of drug-likeness (QED) is 0.814. The molecule has 1 aromatic rings. The predicted molar refractivity (Wildman–Crippen MR) is 64.2 cm³/mol. The zero-order valence-corrected chi connectivity index (χ0v) is 10.3. The SMILES string of the molecule is CC(=O)c1csc(C2CCNCC2)n1.Cl. The molecular weight excluding hydrogens is 232 g/mol. The molecule has 0 aromatic carbocycles. The van der Waals surface area contributed by atoms with Gasteiger partial charge < -0.3 is 5.32 Å². The molecule has 1 aliphatic rings. The van der Waals surface area contributed by atoms with E-state index in [-0.39, 0.29) is 18.2 Å². The Labute approximate surface area is 99.7 Å². The van der Waals surface area contributed by atoms with Gasteiger partial charge in [-0.15, -0.1) is 23.7 Å². The number of halogens is 1. The predicted octanol–water partition coefficient (Wildman–Crippen LogP) is 2.23. The molecule has 1 aromatic heterocycles. The Morgan fingerprint density at radius 3 is 2.73 bits per heavy atom. The second-order valence-electron chi connectivity index (χ2n) is 3.65. The van der Waals surface area contributed by atoms with Crippen LogP contribution in [0.25, 0.3) is 0 Å². The van der Waals surface area contributed by atoms with Crippen molar-refractivity contribution in [3.05, 3.63) is 16.1 Å². The first-order valence-electron chi connectivity index (χ1n) is 4.94. The Morgan fingerprint density at radius 1 is 1.53 bits per heavy atom. The van der Waals surface area contributed by atoms with E-state index in [0.29, 0.717) is 11.6 Å². The Bertz CT molecular complexity index is 334. The zero-order chi connectivity index (χ0) is 9.97. The Kier molecular flexibility index (Phi) is 4.70. The topological polar surface area (TPSA) is 42.0 Å². The van der Waals surface area contributed by atoms with Crippen LogP contribution in [0.4, 0.5) is 0 Å². The molecule has 1 aliphatic heterocycles. The van der Waals surface area contributed by atoms with Crippen molar-refractivity contribution >= 4 is 29.5 Å². The summed E-state index contributed by atoms with van der Waals surface area (Å²) in [6.07, 6.45) is 2.29. The van der Waals surface area contributed by atoms with E-state index in [4.69, 9.17) is 0 Å².